The van der Waals surface area contributed by atoms with Crippen molar-refractivity contribution >= 4 is 27.5 Å². The monoisotopic (exact) mass is 308 g/mol. The number of aryl methyl sites for hydroxylation is 2. The maximum absolute atomic E-state index is 11.9. The molecule has 18 heavy (non-hydrogen) atoms. The highest BCUT2D eigenvalue weighted by Gasteiger charge is 2.12. The molecule has 0 unspecified atom stereocenters. The van der Waals surface area contributed by atoms with Crippen LogP contribution < -0.4 is 5.32 Å². The van der Waals surface area contributed by atoms with Gasteiger partial charge in [0.1, 0.15) is 5.82 Å². The predicted octanol–water partition coefficient (Wildman–Crippen LogP) is 2.69. The molecule has 94 valence electrons. The van der Waals surface area contributed by atoms with E-state index in [-0.39, 0.29) is 11.7 Å². The first-order valence-electron chi connectivity index (χ1n) is 5.59. The van der Waals surface area contributed by atoms with Gasteiger partial charge in [0.05, 0.1) is 0 Å². The number of amides is 1. The highest BCUT2D eigenvalue weighted by molar-refractivity contribution is 9.10. The van der Waals surface area contributed by atoms with Crippen molar-refractivity contribution in [3.63, 3.8) is 0 Å². The van der Waals surface area contributed by atoms with Crippen LogP contribution >= 0.6 is 15.9 Å². The summed E-state index contributed by atoms with van der Waals surface area (Å²) in [4.78, 5) is 15.9. The SMILES string of the molecule is CCc1nc(C(=O)Nc2ccc(Br)c(C)c2)n[nH]1. The molecule has 0 aliphatic rings. The standard InChI is InChI=1S/C12H13BrN4O/c1-3-10-15-11(17-16-10)12(18)14-8-4-5-9(13)7(2)6-8/h4-6H,3H2,1-2H3,(H,14,18)(H,15,16,17). The molecule has 1 amide bonds. The van der Waals surface area contributed by atoms with Gasteiger partial charge in [0, 0.05) is 16.6 Å². The van der Waals surface area contributed by atoms with Crippen LogP contribution in [-0.4, -0.2) is 21.1 Å². The van der Waals surface area contributed by atoms with Crippen LogP contribution in [0.15, 0.2) is 22.7 Å². The number of anilines is 1. The Morgan fingerprint density at radius 2 is 2.28 bits per heavy atom. The highest BCUT2D eigenvalue weighted by atomic mass is 79.9. The number of rotatable bonds is 3. The zero-order chi connectivity index (χ0) is 13.1. The number of hydrogen-bond donors (Lipinski definition) is 2. The summed E-state index contributed by atoms with van der Waals surface area (Å²) in [6, 6.07) is 5.60. The van der Waals surface area contributed by atoms with Crippen LogP contribution in [0.2, 0.25) is 0 Å². The Labute approximate surface area is 113 Å². The molecule has 2 N–H and O–H groups in total. The first-order valence-corrected chi connectivity index (χ1v) is 6.38. The van der Waals surface area contributed by atoms with E-state index in [1.165, 1.54) is 0 Å². The topological polar surface area (TPSA) is 70.7 Å². The molecular weight excluding hydrogens is 296 g/mol. The Kier molecular flexibility index (Phi) is 3.76. The number of H-pyrrole nitrogens is 1. The Morgan fingerprint density at radius 1 is 1.50 bits per heavy atom. The number of carbonyl (C=O) groups is 1. The van der Waals surface area contributed by atoms with Crippen LogP contribution in [0.4, 0.5) is 5.69 Å². The van der Waals surface area contributed by atoms with E-state index >= 15 is 0 Å². The first-order chi connectivity index (χ1) is 8.60. The predicted molar refractivity (Wildman–Crippen MR) is 72.6 cm³/mol. The first kappa shape index (κ1) is 12.8. The summed E-state index contributed by atoms with van der Waals surface area (Å²) < 4.78 is 1.01. The number of nitrogens with one attached hydrogen (secondary N) is 2. The van der Waals surface area contributed by atoms with Gasteiger partial charge in [-0.25, -0.2) is 4.98 Å². The fraction of sp³-hybridized carbons (Fsp3) is 0.250. The van der Waals surface area contributed by atoms with E-state index in [2.05, 4.69) is 36.4 Å². The largest absolute Gasteiger partial charge is 0.319 e. The number of hydrogen-bond acceptors (Lipinski definition) is 3. The lowest BCUT2D eigenvalue weighted by atomic mass is 10.2. The maximum Gasteiger partial charge on any atom is 0.295 e. The zero-order valence-electron chi connectivity index (χ0n) is 10.1. The van der Waals surface area contributed by atoms with Crippen LogP contribution in [0.5, 0.6) is 0 Å². The van der Waals surface area contributed by atoms with Crippen molar-refractivity contribution in [3.05, 3.63) is 39.9 Å². The van der Waals surface area contributed by atoms with Gasteiger partial charge < -0.3 is 5.32 Å². The molecule has 0 saturated heterocycles. The third-order valence-corrected chi connectivity index (χ3v) is 3.38. The summed E-state index contributed by atoms with van der Waals surface area (Å²) in [6.07, 6.45) is 0.720. The second kappa shape index (κ2) is 5.30. The van der Waals surface area contributed by atoms with Crippen molar-refractivity contribution in [2.45, 2.75) is 20.3 Å². The number of benzene rings is 1. The zero-order valence-corrected chi connectivity index (χ0v) is 11.7. The van der Waals surface area contributed by atoms with E-state index in [1.54, 1.807) is 0 Å². The minimum absolute atomic E-state index is 0.160. The highest BCUT2D eigenvalue weighted by Crippen LogP contribution is 2.20. The van der Waals surface area contributed by atoms with E-state index in [0.29, 0.717) is 5.82 Å². The van der Waals surface area contributed by atoms with Gasteiger partial charge >= 0.3 is 0 Å². The third-order valence-electron chi connectivity index (χ3n) is 2.49. The summed E-state index contributed by atoms with van der Waals surface area (Å²) in [5.41, 5.74) is 1.78. The van der Waals surface area contributed by atoms with Crippen molar-refractivity contribution in [2.24, 2.45) is 0 Å². The summed E-state index contributed by atoms with van der Waals surface area (Å²) in [5.74, 6) is 0.548. The number of aromatic nitrogens is 3. The molecule has 1 heterocycles. The van der Waals surface area contributed by atoms with Gasteiger partial charge in [0.15, 0.2) is 0 Å². The smallest absolute Gasteiger partial charge is 0.295 e. The number of nitrogens with zero attached hydrogens (tertiary/aromatic N) is 2. The van der Waals surface area contributed by atoms with E-state index in [1.807, 2.05) is 32.0 Å². The summed E-state index contributed by atoms with van der Waals surface area (Å²) >= 11 is 3.41. The number of halogens is 1. The molecule has 0 fully saturated rings. The van der Waals surface area contributed by atoms with Crippen LogP contribution in [0.3, 0.4) is 0 Å². The van der Waals surface area contributed by atoms with Crippen molar-refractivity contribution in [1.82, 2.24) is 15.2 Å². The molecule has 2 aromatic rings. The molecule has 0 spiro atoms. The summed E-state index contributed by atoms with van der Waals surface area (Å²) in [5, 5.41) is 9.34. The van der Waals surface area contributed by atoms with Crippen LogP contribution in [0.1, 0.15) is 28.9 Å². The lowest BCUT2D eigenvalue weighted by Gasteiger charge is -2.04. The van der Waals surface area contributed by atoms with Gasteiger partial charge in [-0.05, 0) is 30.7 Å². The average molecular weight is 309 g/mol. The molecule has 6 heteroatoms. The van der Waals surface area contributed by atoms with E-state index in [0.717, 1.165) is 22.1 Å². The minimum Gasteiger partial charge on any atom is -0.319 e. The fourth-order valence-electron chi connectivity index (χ4n) is 1.46. The summed E-state index contributed by atoms with van der Waals surface area (Å²) in [6.45, 7) is 3.90. The number of aromatic amines is 1. The van der Waals surface area contributed by atoms with Crippen molar-refractivity contribution < 1.29 is 4.79 Å². The molecule has 2 rings (SSSR count). The lowest BCUT2D eigenvalue weighted by Crippen LogP contribution is -2.13. The van der Waals surface area contributed by atoms with Crippen molar-refractivity contribution in [3.8, 4) is 0 Å². The molecule has 0 atom stereocenters. The van der Waals surface area contributed by atoms with E-state index in [4.69, 9.17) is 0 Å². The number of carbonyl (C=O) groups excluding carboxylic acids is 1. The molecule has 1 aromatic carbocycles. The van der Waals surface area contributed by atoms with E-state index in [9.17, 15) is 4.79 Å². The molecule has 0 aliphatic carbocycles. The molecular formula is C12H13BrN4O. The maximum atomic E-state index is 11.9. The van der Waals surface area contributed by atoms with Crippen LogP contribution in [0.25, 0.3) is 0 Å². The fourth-order valence-corrected chi connectivity index (χ4v) is 1.71. The Morgan fingerprint density at radius 3 is 2.89 bits per heavy atom. The molecule has 5 nitrogen and oxygen atoms in total. The second-order valence-electron chi connectivity index (χ2n) is 3.88. The van der Waals surface area contributed by atoms with E-state index < -0.39 is 0 Å². The Balaban J connectivity index is 2.13. The third kappa shape index (κ3) is 2.76. The van der Waals surface area contributed by atoms with Crippen LogP contribution in [0, 0.1) is 6.92 Å². The average Bonchev–Trinajstić information content (AvgIpc) is 2.82. The minimum atomic E-state index is -0.312. The summed E-state index contributed by atoms with van der Waals surface area (Å²) in [7, 11) is 0. The van der Waals surface area contributed by atoms with Gasteiger partial charge in [-0.2, -0.15) is 0 Å². The molecule has 0 radical (unpaired) electrons. The van der Waals surface area contributed by atoms with Gasteiger partial charge in [0.2, 0.25) is 5.82 Å². The molecule has 0 aliphatic heterocycles. The van der Waals surface area contributed by atoms with Gasteiger partial charge in [-0.15, -0.1) is 5.10 Å². The van der Waals surface area contributed by atoms with Gasteiger partial charge in [-0.1, -0.05) is 22.9 Å². The lowest BCUT2D eigenvalue weighted by molar-refractivity contribution is 0.101. The molecule has 1 aromatic heterocycles. The Hall–Kier alpha value is -1.69. The molecule has 0 saturated carbocycles. The molecule has 0 bridgehead atoms. The quantitative estimate of drug-likeness (QED) is 0.916. The Bertz CT molecular complexity index is 579. The van der Waals surface area contributed by atoms with Crippen molar-refractivity contribution in [1.29, 1.82) is 0 Å². The normalized spacial score (nSPS) is 10.4. The van der Waals surface area contributed by atoms with Gasteiger partial charge in [-0.3, -0.25) is 9.89 Å². The van der Waals surface area contributed by atoms with Crippen molar-refractivity contribution in [2.75, 3.05) is 5.32 Å². The van der Waals surface area contributed by atoms with Gasteiger partial charge in [0.25, 0.3) is 5.91 Å². The second-order valence-corrected chi connectivity index (χ2v) is 4.73. The van der Waals surface area contributed by atoms with Crippen LogP contribution in [-0.2, 0) is 6.42 Å².